The van der Waals surface area contributed by atoms with Crippen molar-refractivity contribution in [1.29, 1.82) is 0 Å². The van der Waals surface area contributed by atoms with Gasteiger partial charge in [0, 0.05) is 11.9 Å². The number of carbonyl (C=O) groups excluding carboxylic acids is 2. The Labute approximate surface area is 130 Å². The van der Waals surface area contributed by atoms with E-state index in [9.17, 15) is 14.0 Å². The van der Waals surface area contributed by atoms with E-state index in [0.29, 0.717) is 18.2 Å². The molecule has 108 valence electrons. The van der Waals surface area contributed by atoms with Gasteiger partial charge in [-0.15, -0.1) is 0 Å². The zero-order valence-electron chi connectivity index (χ0n) is 11.0. The highest BCUT2D eigenvalue weighted by atomic mass is 79.9. The van der Waals surface area contributed by atoms with Crippen LogP contribution >= 0.6 is 27.5 Å². The summed E-state index contributed by atoms with van der Waals surface area (Å²) in [5.74, 6) is -1.42. The van der Waals surface area contributed by atoms with E-state index in [0.717, 1.165) is 24.2 Å². The Morgan fingerprint density at radius 2 is 2.05 bits per heavy atom. The number of nitrogens with zero attached hydrogens (tertiary/aromatic N) is 1. The molecule has 1 aromatic rings. The van der Waals surface area contributed by atoms with E-state index in [1.165, 1.54) is 11.0 Å². The molecule has 2 rings (SSSR count). The Bertz CT molecular complexity index is 564. The molecule has 0 saturated carbocycles. The van der Waals surface area contributed by atoms with Gasteiger partial charge in [-0.3, -0.25) is 9.59 Å². The van der Waals surface area contributed by atoms with E-state index >= 15 is 0 Å². The Morgan fingerprint density at radius 3 is 2.70 bits per heavy atom. The molecular formula is C14H14BrClFNO2. The average molecular weight is 363 g/mol. The van der Waals surface area contributed by atoms with E-state index in [-0.39, 0.29) is 10.6 Å². The van der Waals surface area contributed by atoms with Gasteiger partial charge in [0.05, 0.1) is 16.3 Å². The number of ketones is 1. The molecule has 0 fully saturated rings. The summed E-state index contributed by atoms with van der Waals surface area (Å²) in [5, 5.41) is 0.751. The van der Waals surface area contributed by atoms with E-state index < -0.39 is 17.5 Å². The minimum absolute atomic E-state index is 0.139. The van der Waals surface area contributed by atoms with Crippen molar-refractivity contribution in [3.05, 3.63) is 28.5 Å². The fourth-order valence-corrected chi connectivity index (χ4v) is 3.14. The van der Waals surface area contributed by atoms with Crippen molar-refractivity contribution in [2.24, 2.45) is 5.92 Å². The van der Waals surface area contributed by atoms with Crippen molar-refractivity contribution in [3.63, 3.8) is 0 Å². The molecule has 0 N–H and O–H groups in total. The molecule has 1 aromatic carbocycles. The zero-order chi connectivity index (χ0) is 14.9. The van der Waals surface area contributed by atoms with Gasteiger partial charge in [-0.25, -0.2) is 4.39 Å². The number of hydrogen-bond acceptors (Lipinski definition) is 2. The summed E-state index contributed by atoms with van der Waals surface area (Å²) in [5.41, 5.74) is 0.516. The molecule has 0 aliphatic carbocycles. The predicted octanol–water partition coefficient (Wildman–Crippen LogP) is 3.82. The number of halogens is 3. The van der Waals surface area contributed by atoms with Crippen molar-refractivity contribution < 1.29 is 14.0 Å². The summed E-state index contributed by atoms with van der Waals surface area (Å²) in [6.07, 6.45) is 1.74. The van der Waals surface area contributed by atoms with Crippen molar-refractivity contribution in [3.8, 4) is 0 Å². The van der Waals surface area contributed by atoms with Gasteiger partial charge < -0.3 is 4.90 Å². The second-order valence-electron chi connectivity index (χ2n) is 4.94. The number of anilines is 1. The quantitative estimate of drug-likeness (QED) is 0.590. The van der Waals surface area contributed by atoms with Crippen LogP contribution in [0.15, 0.2) is 12.1 Å². The van der Waals surface area contributed by atoms with Crippen LogP contribution in [-0.2, 0) is 4.79 Å². The fourth-order valence-electron chi connectivity index (χ4n) is 2.19. The van der Waals surface area contributed by atoms with Gasteiger partial charge in [0.15, 0.2) is 0 Å². The summed E-state index contributed by atoms with van der Waals surface area (Å²) >= 11 is 9.03. The number of amides is 1. The molecule has 0 bridgehead atoms. The van der Waals surface area contributed by atoms with Crippen LogP contribution in [0.3, 0.4) is 0 Å². The molecule has 0 saturated heterocycles. The van der Waals surface area contributed by atoms with Crippen LogP contribution < -0.4 is 4.90 Å². The summed E-state index contributed by atoms with van der Waals surface area (Å²) in [6, 6.07) is 2.39. The van der Waals surface area contributed by atoms with Crippen LogP contribution in [0.2, 0.25) is 5.02 Å². The van der Waals surface area contributed by atoms with Gasteiger partial charge in [-0.05, 0) is 30.9 Å². The third kappa shape index (κ3) is 2.88. The van der Waals surface area contributed by atoms with Crippen LogP contribution in [0, 0.1) is 11.7 Å². The van der Waals surface area contributed by atoms with E-state index in [4.69, 9.17) is 11.6 Å². The first kappa shape index (κ1) is 15.4. The molecule has 6 heteroatoms. The van der Waals surface area contributed by atoms with Crippen molar-refractivity contribution in [2.75, 3.05) is 16.8 Å². The topological polar surface area (TPSA) is 37.4 Å². The molecule has 1 heterocycles. The maximum atomic E-state index is 13.5. The van der Waals surface area contributed by atoms with Gasteiger partial charge in [0.25, 0.3) is 11.7 Å². The Balaban J connectivity index is 2.22. The van der Waals surface area contributed by atoms with Crippen LogP contribution in [0.25, 0.3) is 0 Å². The maximum absolute atomic E-state index is 13.5. The van der Waals surface area contributed by atoms with Gasteiger partial charge in [0.1, 0.15) is 5.82 Å². The maximum Gasteiger partial charge on any atom is 0.299 e. The summed E-state index contributed by atoms with van der Waals surface area (Å²) < 4.78 is 13.5. The minimum atomic E-state index is -0.619. The average Bonchev–Trinajstić information content (AvgIpc) is 2.62. The van der Waals surface area contributed by atoms with Crippen LogP contribution in [0.1, 0.15) is 30.1 Å². The van der Waals surface area contributed by atoms with E-state index in [1.54, 1.807) is 0 Å². The molecule has 0 radical (unpaired) electrons. The second kappa shape index (κ2) is 6.22. The van der Waals surface area contributed by atoms with Gasteiger partial charge in [0.2, 0.25) is 0 Å². The number of benzene rings is 1. The Hall–Kier alpha value is -0.940. The van der Waals surface area contributed by atoms with Crippen LogP contribution in [0.4, 0.5) is 10.1 Å². The molecule has 1 unspecified atom stereocenters. The smallest absolute Gasteiger partial charge is 0.299 e. The molecule has 1 aliphatic heterocycles. The molecule has 0 aromatic heterocycles. The van der Waals surface area contributed by atoms with Crippen LogP contribution in [-0.4, -0.2) is 23.6 Å². The van der Waals surface area contributed by atoms with Gasteiger partial charge in [-0.2, -0.15) is 0 Å². The van der Waals surface area contributed by atoms with E-state index in [1.807, 2.05) is 0 Å². The van der Waals surface area contributed by atoms with E-state index in [2.05, 4.69) is 22.9 Å². The Kier molecular flexibility index (Phi) is 4.81. The van der Waals surface area contributed by atoms with Crippen molar-refractivity contribution in [1.82, 2.24) is 0 Å². The third-order valence-corrected chi connectivity index (χ3v) is 4.21. The molecular weight excluding hydrogens is 349 g/mol. The number of alkyl halides is 1. The summed E-state index contributed by atoms with van der Waals surface area (Å²) in [7, 11) is 0. The number of carbonyl (C=O) groups is 2. The number of Topliss-reactive ketones (excluding diaryl/α,β-unsaturated/α-hetero) is 1. The highest BCUT2D eigenvalue weighted by Gasteiger charge is 2.36. The number of fused-ring (bicyclic) bond motifs is 1. The molecule has 1 amide bonds. The number of rotatable bonds is 5. The largest absolute Gasteiger partial charge is 0.305 e. The zero-order valence-corrected chi connectivity index (χ0v) is 13.3. The first-order valence-corrected chi connectivity index (χ1v) is 7.86. The third-order valence-electron chi connectivity index (χ3n) is 3.46. The molecule has 20 heavy (non-hydrogen) atoms. The molecule has 0 spiro atoms. The second-order valence-corrected chi connectivity index (χ2v) is 6.14. The highest BCUT2D eigenvalue weighted by Crippen LogP contribution is 2.33. The lowest BCUT2D eigenvalue weighted by atomic mass is 10.1. The normalized spacial score (nSPS) is 15.7. The lowest BCUT2D eigenvalue weighted by Gasteiger charge is -2.19. The summed E-state index contributed by atoms with van der Waals surface area (Å²) in [6.45, 7) is 2.49. The first-order valence-electron chi connectivity index (χ1n) is 6.37. The van der Waals surface area contributed by atoms with Crippen molar-refractivity contribution >= 4 is 44.9 Å². The highest BCUT2D eigenvalue weighted by molar-refractivity contribution is 9.09. The molecule has 3 nitrogen and oxygen atoms in total. The van der Waals surface area contributed by atoms with Crippen LogP contribution in [0.5, 0.6) is 0 Å². The predicted molar refractivity (Wildman–Crippen MR) is 80.3 cm³/mol. The lowest BCUT2D eigenvalue weighted by Crippen LogP contribution is -2.31. The van der Waals surface area contributed by atoms with Crippen molar-refractivity contribution in [2.45, 2.75) is 19.8 Å². The lowest BCUT2D eigenvalue weighted by molar-refractivity contribution is -0.114. The minimum Gasteiger partial charge on any atom is -0.305 e. The monoisotopic (exact) mass is 361 g/mol. The Morgan fingerprint density at radius 1 is 1.35 bits per heavy atom. The first-order chi connectivity index (χ1) is 9.45. The van der Waals surface area contributed by atoms with Gasteiger partial charge in [-0.1, -0.05) is 34.5 Å². The number of hydrogen-bond donors (Lipinski definition) is 0. The fraction of sp³-hybridized carbons (Fsp3) is 0.429. The SMILES string of the molecule is CC(CCBr)CCN1C(=O)C(=O)c2cc(Cl)c(F)cc21. The standard InChI is InChI=1S/C14H14BrClFNO2/c1-8(2-4-15)3-5-18-12-7-11(17)10(16)6-9(12)13(19)14(18)20/h6-8H,2-5H2,1H3. The molecule has 1 aliphatic rings. The molecule has 1 atom stereocenters. The summed E-state index contributed by atoms with van der Waals surface area (Å²) in [4.78, 5) is 25.2. The van der Waals surface area contributed by atoms with Gasteiger partial charge >= 0.3 is 0 Å².